The van der Waals surface area contributed by atoms with E-state index in [9.17, 15) is 18.9 Å². The van der Waals surface area contributed by atoms with Gasteiger partial charge in [-0.3, -0.25) is 0 Å². The third kappa shape index (κ3) is 4.37. The second kappa shape index (κ2) is 5.04. The molecule has 0 aliphatic rings. The molecule has 0 fully saturated rings. The van der Waals surface area contributed by atoms with Gasteiger partial charge in [0.25, 0.3) is 0 Å². The Kier molecular flexibility index (Phi) is 4.33. The number of rotatable bonds is 3. The van der Waals surface area contributed by atoms with E-state index in [4.69, 9.17) is 21.4 Å². The van der Waals surface area contributed by atoms with Gasteiger partial charge >= 0.3 is 0 Å². The third-order valence-electron chi connectivity index (χ3n) is 1.74. The van der Waals surface area contributed by atoms with Gasteiger partial charge in [0.1, 0.15) is 0 Å². The van der Waals surface area contributed by atoms with E-state index in [1.54, 1.807) is 0 Å². The topological polar surface area (TPSA) is 121 Å². The van der Waals surface area contributed by atoms with Crippen LogP contribution in [0.4, 0.5) is 0 Å². The molecule has 9 heteroatoms. The molecule has 0 spiro atoms. The maximum absolute atomic E-state index is 10.8. The van der Waals surface area contributed by atoms with Crippen molar-refractivity contribution >= 4 is 32.9 Å². The van der Waals surface area contributed by atoms with E-state index < -0.39 is 20.2 Å². The maximum atomic E-state index is 10.8. The standard InChI is InChI=1S/C8H9ClO6P2/c9-7-3-1-6(2-4-7)5-8(16(10,11)12)17(13,14)15/h1-5H,(H2,10,11,12)(H2,13,14,15)/p-2. The van der Waals surface area contributed by atoms with Crippen molar-refractivity contribution in [3.05, 3.63) is 39.9 Å². The normalized spacial score (nSPS) is 17.9. The fourth-order valence-electron chi connectivity index (χ4n) is 1.03. The number of hydrogen-bond donors (Lipinski definition) is 2. The fourth-order valence-corrected chi connectivity index (χ4v) is 3.06. The smallest absolute Gasteiger partial charge is 0.167 e. The van der Waals surface area contributed by atoms with Gasteiger partial charge in [-0.2, -0.15) is 0 Å². The number of benzene rings is 1. The third-order valence-corrected chi connectivity index (χ3v) is 4.93. The Bertz CT molecular complexity index is 501. The number of halogens is 1. The van der Waals surface area contributed by atoms with Crippen molar-refractivity contribution in [3.8, 4) is 0 Å². The maximum Gasteiger partial charge on any atom is 0.167 e. The summed E-state index contributed by atoms with van der Waals surface area (Å²) in [6, 6.07) is 5.44. The molecule has 17 heavy (non-hydrogen) atoms. The van der Waals surface area contributed by atoms with Crippen LogP contribution in [0.2, 0.25) is 5.02 Å². The lowest BCUT2D eigenvalue weighted by molar-refractivity contribution is -0.197. The summed E-state index contributed by atoms with van der Waals surface area (Å²) in [7, 11) is -10.6. The Hall–Kier alpha value is -0.450. The molecule has 0 saturated carbocycles. The van der Waals surface area contributed by atoms with Crippen LogP contribution < -0.4 is 9.79 Å². The van der Waals surface area contributed by atoms with Crippen molar-refractivity contribution < 1.29 is 28.7 Å². The van der Waals surface area contributed by atoms with Crippen LogP contribution in [-0.4, -0.2) is 9.79 Å². The van der Waals surface area contributed by atoms with Crippen LogP contribution in [0.5, 0.6) is 0 Å². The minimum atomic E-state index is -5.32. The molecule has 0 radical (unpaired) electrons. The van der Waals surface area contributed by atoms with Gasteiger partial charge in [0.15, 0.2) is 15.2 Å². The summed E-state index contributed by atoms with van der Waals surface area (Å²) in [5.74, 6) is 0. The SMILES string of the molecule is O=P([O-])(O)C(=Cc1ccc(Cl)cc1)P(=O)([O-])O. The predicted octanol–water partition coefficient (Wildman–Crippen LogP) is 0.730. The summed E-state index contributed by atoms with van der Waals surface area (Å²) in [4.78, 5) is 39.0. The Morgan fingerprint density at radius 3 is 1.88 bits per heavy atom. The van der Waals surface area contributed by atoms with Gasteiger partial charge in [-0.15, -0.1) is 0 Å². The lowest BCUT2D eigenvalue weighted by Gasteiger charge is -2.27. The van der Waals surface area contributed by atoms with E-state index >= 15 is 0 Å². The van der Waals surface area contributed by atoms with Gasteiger partial charge in [-0.25, -0.2) is 0 Å². The van der Waals surface area contributed by atoms with Crippen LogP contribution >= 0.6 is 26.8 Å². The highest BCUT2D eigenvalue weighted by molar-refractivity contribution is 7.76. The van der Waals surface area contributed by atoms with Gasteiger partial charge in [0, 0.05) is 5.02 Å². The summed E-state index contributed by atoms with van der Waals surface area (Å²) in [5.41, 5.74) is 0.152. The molecule has 0 saturated heterocycles. The van der Waals surface area contributed by atoms with Crippen LogP contribution in [0.25, 0.3) is 6.08 Å². The van der Waals surface area contributed by atoms with Gasteiger partial charge in [-0.1, -0.05) is 23.7 Å². The molecule has 2 unspecified atom stereocenters. The van der Waals surface area contributed by atoms with Crippen molar-refractivity contribution in [1.82, 2.24) is 0 Å². The van der Waals surface area contributed by atoms with Crippen molar-refractivity contribution in [2.24, 2.45) is 0 Å². The van der Waals surface area contributed by atoms with Gasteiger partial charge < -0.3 is 28.7 Å². The van der Waals surface area contributed by atoms with Gasteiger partial charge in [0.2, 0.25) is 0 Å². The Morgan fingerprint density at radius 2 is 1.53 bits per heavy atom. The Labute approximate surface area is 102 Å². The van der Waals surface area contributed by atoms with Crippen molar-refractivity contribution in [3.63, 3.8) is 0 Å². The summed E-state index contributed by atoms with van der Waals surface area (Å²) in [6.07, 6.45) is 0.637. The minimum absolute atomic E-state index is 0.152. The molecule has 1 aromatic carbocycles. The first kappa shape index (κ1) is 14.6. The Morgan fingerprint density at radius 1 is 1.12 bits per heavy atom. The van der Waals surface area contributed by atoms with E-state index in [2.05, 4.69) is 0 Å². The zero-order chi connectivity index (χ0) is 13.3. The molecule has 0 aliphatic heterocycles. The lowest BCUT2D eigenvalue weighted by atomic mass is 10.2. The highest BCUT2D eigenvalue weighted by Gasteiger charge is 2.21. The fraction of sp³-hybridized carbons (Fsp3) is 0. The van der Waals surface area contributed by atoms with Gasteiger partial charge in [0.05, 0.1) is 5.06 Å². The van der Waals surface area contributed by atoms with Crippen LogP contribution in [0, 0.1) is 0 Å². The zero-order valence-electron chi connectivity index (χ0n) is 8.19. The van der Waals surface area contributed by atoms with Gasteiger partial charge in [-0.05, 0) is 23.8 Å². The molecule has 2 N–H and O–H groups in total. The van der Waals surface area contributed by atoms with E-state index in [-0.39, 0.29) is 5.56 Å². The van der Waals surface area contributed by atoms with Crippen LogP contribution in [-0.2, 0) is 9.13 Å². The van der Waals surface area contributed by atoms with E-state index in [1.165, 1.54) is 24.3 Å². The van der Waals surface area contributed by atoms with Crippen LogP contribution in [0.15, 0.2) is 29.3 Å². The molecule has 0 amide bonds. The predicted molar refractivity (Wildman–Crippen MR) is 59.1 cm³/mol. The zero-order valence-corrected chi connectivity index (χ0v) is 10.7. The molecule has 0 heterocycles. The van der Waals surface area contributed by atoms with E-state index in [0.29, 0.717) is 11.1 Å². The molecular weight excluding hydrogens is 289 g/mol. The first-order chi connectivity index (χ1) is 7.60. The van der Waals surface area contributed by atoms with Crippen LogP contribution in [0.3, 0.4) is 0 Å². The highest BCUT2D eigenvalue weighted by atomic mass is 35.5. The second-order valence-corrected chi connectivity index (χ2v) is 6.93. The quantitative estimate of drug-likeness (QED) is 0.793. The first-order valence-electron chi connectivity index (χ1n) is 4.17. The minimum Gasteiger partial charge on any atom is -0.775 e. The summed E-state index contributed by atoms with van der Waals surface area (Å²) < 4.78 is 21.6. The van der Waals surface area contributed by atoms with Crippen molar-refractivity contribution in [2.75, 3.05) is 0 Å². The average Bonchev–Trinajstić information content (AvgIpc) is 2.13. The molecular formula is C8H7ClO6P2-2. The lowest BCUT2D eigenvalue weighted by Crippen LogP contribution is -2.09. The average molecular weight is 297 g/mol. The monoisotopic (exact) mass is 296 g/mol. The van der Waals surface area contributed by atoms with Crippen molar-refractivity contribution in [2.45, 2.75) is 0 Å². The molecule has 94 valence electrons. The molecule has 1 rings (SSSR count). The molecule has 6 nitrogen and oxygen atoms in total. The summed E-state index contributed by atoms with van der Waals surface area (Å²) >= 11 is 5.58. The van der Waals surface area contributed by atoms with Crippen molar-refractivity contribution in [1.29, 1.82) is 0 Å². The second-order valence-electron chi connectivity index (χ2n) is 3.09. The molecule has 2 atom stereocenters. The Balaban J connectivity index is 3.30. The molecule has 1 aromatic rings. The highest BCUT2D eigenvalue weighted by Crippen LogP contribution is 2.59. The van der Waals surface area contributed by atoms with Crippen LogP contribution in [0.1, 0.15) is 5.56 Å². The summed E-state index contributed by atoms with van der Waals surface area (Å²) in [6.45, 7) is 0. The first-order valence-corrected chi connectivity index (χ1v) is 7.70. The molecule has 0 aromatic heterocycles. The van der Waals surface area contributed by atoms with E-state index in [0.717, 1.165) is 0 Å². The number of hydrogen-bond acceptors (Lipinski definition) is 4. The summed E-state index contributed by atoms with van der Waals surface area (Å²) in [5, 5.41) is -1.07. The van der Waals surface area contributed by atoms with E-state index in [1.807, 2.05) is 0 Å². The molecule has 0 bridgehead atoms. The molecule has 0 aliphatic carbocycles. The largest absolute Gasteiger partial charge is 0.775 e.